The van der Waals surface area contributed by atoms with Crippen molar-refractivity contribution in [1.82, 2.24) is 0 Å². The first-order chi connectivity index (χ1) is 5.86. The van der Waals surface area contributed by atoms with Crippen molar-refractivity contribution in [1.29, 1.82) is 0 Å². The normalized spacial score (nSPS) is 20.9. The molecule has 0 aliphatic carbocycles. The molecule has 1 unspecified atom stereocenters. The van der Waals surface area contributed by atoms with Crippen molar-refractivity contribution >= 4 is 0 Å². The lowest BCUT2D eigenvalue weighted by Crippen LogP contribution is -1.93. The maximum atomic E-state index is 5.17. The van der Waals surface area contributed by atoms with Gasteiger partial charge in [-0.1, -0.05) is 24.3 Å². The van der Waals surface area contributed by atoms with Crippen molar-refractivity contribution in [2.24, 2.45) is 0 Å². The van der Waals surface area contributed by atoms with Gasteiger partial charge in [0.1, 0.15) is 0 Å². The number of hydrogen-bond donors (Lipinski definition) is 0. The summed E-state index contributed by atoms with van der Waals surface area (Å²) in [4.78, 5) is 0. The van der Waals surface area contributed by atoms with Gasteiger partial charge in [-0.3, -0.25) is 0 Å². The van der Waals surface area contributed by atoms with Crippen LogP contribution in [0.2, 0.25) is 0 Å². The molecule has 12 heavy (non-hydrogen) atoms. The number of benzene rings is 1. The van der Waals surface area contributed by atoms with E-state index in [1.165, 1.54) is 17.5 Å². The summed E-state index contributed by atoms with van der Waals surface area (Å²) in [6.45, 7) is 3.15. The van der Waals surface area contributed by atoms with E-state index in [1.54, 1.807) is 0 Å². The Morgan fingerprint density at radius 3 is 2.83 bits per heavy atom. The molecule has 1 heteroatoms. The lowest BCUT2D eigenvalue weighted by atomic mass is 10.0. The van der Waals surface area contributed by atoms with E-state index >= 15 is 0 Å². The van der Waals surface area contributed by atoms with Crippen LogP contribution in [0.4, 0.5) is 0 Å². The molecule has 0 bridgehead atoms. The van der Waals surface area contributed by atoms with Gasteiger partial charge in [-0.2, -0.15) is 0 Å². The molecule has 1 aliphatic rings. The van der Waals surface area contributed by atoms with Gasteiger partial charge in [-0.25, -0.2) is 0 Å². The molecule has 1 atom stereocenters. The third kappa shape index (κ3) is 1.86. The highest BCUT2D eigenvalue weighted by atomic mass is 16.6. The van der Waals surface area contributed by atoms with E-state index in [4.69, 9.17) is 4.74 Å². The fraction of sp³-hybridized carbons (Fsp3) is 0.455. The summed E-state index contributed by atoms with van der Waals surface area (Å²) in [6.07, 6.45) is 2.91. The Labute approximate surface area is 73.4 Å². The van der Waals surface area contributed by atoms with E-state index in [2.05, 4.69) is 31.2 Å². The summed E-state index contributed by atoms with van der Waals surface area (Å²) in [5.74, 6) is 0. The number of rotatable bonds is 3. The van der Waals surface area contributed by atoms with E-state index in [0.29, 0.717) is 6.10 Å². The smallest absolute Gasteiger partial charge is 0.0813 e. The quantitative estimate of drug-likeness (QED) is 0.621. The predicted octanol–water partition coefficient (Wildman–Crippen LogP) is 2.33. The number of epoxide rings is 1. The molecule has 0 saturated carbocycles. The maximum absolute atomic E-state index is 5.17. The summed E-state index contributed by atoms with van der Waals surface area (Å²) >= 11 is 0. The van der Waals surface area contributed by atoms with E-state index < -0.39 is 0 Å². The van der Waals surface area contributed by atoms with Gasteiger partial charge in [0.15, 0.2) is 0 Å². The molecule has 1 fully saturated rings. The first-order valence-electron chi connectivity index (χ1n) is 4.52. The zero-order chi connectivity index (χ0) is 8.39. The Hall–Kier alpha value is -0.820. The number of ether oxygens (including phenoxy) is 1. The Morgan fingerprint density at radius 1 is 1.42 bits per heavy atom. The predicted molar refractivity (Wildman–Crippen MR) is 49.2 cm³/mol. The third-order valence-corrected chi connectivity index (χ3v) is 2.40. The summed E-state index contributed by atoms with van der Waals surface area (Å²) in [5.41, 5.74) is 2.87. The van der Waals surface area contributed by atoms with E-state index in [9.17, 15) is 0 Å². The first kappa shape index (κ1) is 7.81. The lowest BCUT2D eigenvalue weighted by Gasteiger charge is -2.02. The molecule has 0 amide bonds. The van der Waals surface area contributed by atoms with Gasteiger partial charge in [0, 0.05) is 0 Å². The molecule has 0 N–H and O–H groups in total. The average Bonchev–Trinajstić information content (AvgIpc) is 2.86. The minimum Gasteiger partial charge on any atom is -0.373 e. The van der Waals surface area contributed by atoms with Crippen LogP contribution in [0.25, 0.3) is 0 Å². The van der Waals surface area contributed by atoms with Crippen molar-refractivity contribution in [3.63, 3.8) is 0 Å². The molecule has 2 rings (SSSR count). The summed E-state index contributed by atoms with van der Waals surface area (Å²) in [7, 11) is 0. The molecule has 64 valence electrons. The Morgan fingerprint density at radius 2 is 2.17 bits per heavy atom. The molecule has 1 nitrogen and oxygen atoms in total. The van der Waals surface area contributed by atoms with Crippen LogP contribution in [0.5, 0.6) is 0 Å². The van der Waals surface area contributed by atoms with Gasteiger partial charge in [-0.05, 0) is 30.9 Å². The van der Waals surface area contributed by atoms with Crippen LogP contribution in [0.15, 0.2) is 24.3 Å². The number of aryl methyl sites for hydroxylation is 2. The first-order valence-corrected chi connectivity index (χ1v) is 4.52. The highest BCUT2D eigenvalue weighted by Gasteiger charge is 2.21. The van der Waals surface area contributed by atoms with Crippen LogP contribution < -0.4 is 0 Å². The Balaban J connectivity index is 1.96. The van der Waals surface area contributed by atoms with Crippen LogP contribution in [-0.4, -0.2) is 12.7 Å². The minimum absolute atomic E-state index is 0.560. The molecular formula is C11H14O. The molecule has 1 heterocycles. The van der Waals surface area contributed by atoms with Crippen molar-refractivity contribution in [3.8, 4) is 0 Å². The highest BCUT2D eigenvalue weighted by Crippen LogP contribution is 2.18. The van der Waals surface area contributed by atoms with Gasteiger partial charge in [0.2, 0.25) is 0 Å². The molecule has 1 aromatic carbocycles. The van der Waals surface area contributed by atoms with Crippen LogP contribution in [-0.2, 0) is 11.2 Å². The zero-order valence-corrected chi connectivity index (χ0v) is 7.42. The van der Waals surface area contributed by atoms with Crippen molar-refractivity contribution in [3.05, 3.63) is 35.4 Å². The summed E-state index contributed by atoms with van der Waals surface area (Å²) < 4.78 is 5.17. The third-order valence-electron chi connectivity index (χ3n) is 2.40. The summed E-state index contributed by atoms with van der Waals surface area (Å²) in [5, 5.41) is 0. The molecule has 0 radical (unpaired) electrons. The fourth-order valence-electron chi connectivity index (χ4n) is 1.44. The van der Waals surface area contributed by atoms with Crippen molar-refractivity contribution < 1.29 is 4.74 Å². The van der Waals surface area contributed by atoms with Gasteiger partial charge >= 0.3 is 0 Å². The van der Waals surface area contributed by atoms with Gasteiger partial charge in [-0.15, -0.1) is 0 Å². The molecule has 1 saturated heterocycles. The van der Waals surface area contributed by atoms with Gasteiger partial charge < -0.3 is 4.74 Å². The topological polar surface area (TPSA) is 12.5 Å². The highest BCUT2D eigenvalue weighted by molar-refractivity contribution is 5.25. The standard InChI is InChI=1S/C11H14O/c1-9-4-2-3-5-10(9)6-7-11-8-12-11/h2-5,11H,6-8H2,1H3. The molecule has 1 aliphatic heterocycles. The second kappa shape index (κ2) is 3.28. The van der Waals surface area contributed by atoms with Crippen molar-refractivity contribution in [2.75, 3.05) is 6.61 Å². The van der Waals surface area contributed by atoms with Crippen LogP contribution in [0.1, 0.15) is 17.5 Å². The molecule has 0 spiro atoms. The minimum atomic E-state index is 0.560. The van der Waals surface area contributed by atoms with E-state index in [0.717, 1.165) is 13.0 Å². The Kier molecular flexibility index (Phi) is 2.13. The summed E-state index contributed by atoms with van der Waals surface area (Å²) in [6, 6.07) is 8.57. The monoisotopic (exact) mass is 162 g/mol. The largest absolute Gasteiger partial charge is 0.373 e. The van der Waals surface area contributed by atoms with Crippen LogP contribution in [0, 0.1) is 6.92 Å². The number of hydrogen-bond acceptors (Lipinski definition) is 1. The van der Waals surface area contributed by atoms with E-state index in [1.807, 2.05) is 0 Å². The maximum Gasteiger partial charge on any atom is 0.0813 e. The molecular weight excluding hydrogens is 148 g/mol. The second-order valence-electron chi connectivity index (χ2n) is 3.42. The second-order valence-corrected chi connectivity index (χ2v) is 3.42. The average molecular weight is 162 g/mol. The van der Waals surface area contributed by atoms with E-state index in [-0.39, 0.29) is 0 Å². The fourth-order valence-corrected chi connectivity index (χ4v) is 1.44. The zero-order valence-electron chi connectivity index (χ0n) is 7.42. The van der Waals surface area contributed by atoms with Crippen molar-refractivity contribution in [2.45, 2.75) is 25.9 Å². The van der Waals surface area contributed by atoms with Crippen LogP contribution >= 0.6 is 0 Å². The molecule has 0 aromatic heterocycles. The lowest BCUT2D eigenvalue weighted by molar-refractivity contribution is 0.396. The molecule has 1 aromatic rings. The van der Waals surface area contributed by atoms with Gasteiger partial charge in [0.25, 0.3) is 0 Å². The van der Waals surface area contributed by atoms with Gasteiger partial charge in [0.05, 0.1) is 12.7 Å². The SMILES string of the molecule is Cc1ccccc1CCC1CO1. The Bertz CT molecular complexity index is 263. The van der Waals surface area contributed by atoms with Crippen LogP contribution in [0.3, 0.4) is 0 Å².